The van der Waals surface area contributed by atoms with E-state index in [1.54, 1.807) is 12.1 Å². The van der Waals surface area contributed by atoms with Crippen molar-refractivity contribution < 1.29 is 8.78 Å². The van der Waals surface area contributed by atoms with Gasteiger partial charge in [-0.1, -0.05) is 80.1 Å². The number of benzene rings is 3. The van der Waals surface area contributed by atoms with Crippen LogP contribution in [0.3, 0.4) is 0 Å². The zero-order valence-corrected chi connectivity index (χ0v) is 20.1. The molecule has 0 amide bonds. The summed E-state index contributed by atoms with van der Waals surface area (Å²) in [5.74, 6) is 0.773. The van der Waals surface area contributed by atoms with Gasteiger partial charge in [0.1, 0.15) is 11.6 Å². The van der Waals surface area contributed by atoms with Gasteiger partial charge in [-0.15, -0.1) is 0 Å². The van der Waals surface area contributed by atoms with Gasteiger partial charge in [0.25, 0.3) is 0 Å². The second-order valence-corrected chi connectivity index (χ2v) is 9.60. The van der Waals surface area contributed by atoms with Crippen molar-refractivity contribution in [3.8, 4) is 0 Å². The summed E-state index contributed by atoms with van der Waals surface area (Å²) in [7, 11) is 0. The van der Waals surface area contributed by atoms with Crippen molar-refractivity contribution in [2.24, 2.45) is 5.92 Å². The van der Waals surface area contributed by atoms with E-state index in [-0.39, 0.29) is 11.6 Å². The van der Waals surface area contributed by atoms with Crippen molar-refractivity contribution in [2.45, 2.75) is 57.7 Å². The highest BCUT2D eigenvalue weighted by Crippen LogP contribution is 2.40. The van der Waals surface area contributed by atoms with Gasteiger partial charge in [-0.3, -0.25) is 4.90 Å². The smallest absolute Gasteiger partial charge is 0.127 e. The van der Waals surface area contributed by atoms with Gasteiger partial charge < -0.3 is 5.32 Å². The van der Waals surface area contributed by atoms with Crippen LogP contribution in [0.15, 0.2) is 78.9 Å². The second kappa shape index (κ2) is 12.2. The maximum Gasteiger partial charge on any atom is 0.127 e. The normalized spacial score (nSPS) is 18.2. The minimum absolute atomic E-state index is 0.200. The van der Waals surface area contributed by atoms with Gasteiger partial charge in [-0.2, -0.15) is 0 Å². The Bertz CT molecular complexity index is 976. The molecule has 1 unspecified atom stereocenters. The highest BCUT2D eigenvalue weighted by molar-refractivity contribution is 5.27. The standard InChI is InChI=1S/C30H36F2N2/c1-2-10-23(20-33-30-19-27(30)24-11-4-3-5-12-24)17-18-34(21-25-13-6-8-15-28(25)31)22-26-14-7-9-16-29(26)32/h3-9,11-16,23,27,30,33H,2,10,17-22H2,1H3/t23?,27-,30+/m0/s1. The Hall–Kier alpha value is -2.56. The Morgan fingerprint density at radius 2 is 1.41 bits per heavy atom. The molecule has 0 aromatic heterocycles. The second-order valence-electron chi connectivity index (χ2n) is 9.60. The van der Waals surface area contributed by atoms with Crippen molar-refractivity contribution >= 4 is 0 Å². The molecule has 1 saturated carbocycles. The number of rotatable bonds is 13. The largest absolute Gasteiger partial charge is 0.313 e. The summed E-state index contributed by atoms with van der Waals surface area (Å²) in [6, 6.07) is 25.1. The molecule has 0 heterocycles. The molecule has 34 heavy (non-hydrogen) atoms. The van der Waals surface area contributed by atoms with Crippen LogP contribution in [0.5, 0.6) is 0 Å². The van der Waals surface area contributed by atoms with E-state index in [0.29, 0.717) is 42.1 Å². The van der Waals surface area contributed by atoms with Gasteiger partial charge in [0.2, 0.25) is 0 Å². The van der Waals surface area contributed by atoms with Crippen molar-refractivity contribution in [2.75, 3.05) is 13.1 Å². The Balaban J connectivity index is 1.35. The predicted molar refractivity (Wildman–Crippen MR) is 136 cm³/mol. The van der Waals surface area contributed by atoms with Gasteiger partial charge in [0, 0.05) is 36.2 Å². The number of halogens is 2. The summed E-state index contributed by atoms with van der Waals surface area (Å²) >= 11 is 0. The van der Waals surface area contributed by atoms with Crippen LogP contribution in [-0.2, 0) is 13.1 Å². The monoisotopic (exact) mass is 462 g/mol. The molecule has 180 valence electrons. The summed E-state index contributed by atoms with van der Waals surface area (Å²) in [6.07, 6.45) is 4.50. The van der Waals surface area contributed by atoms with Gasteiger partial charge in [-0.05, 0) is 56.0 Å². The minimum atomic E-state index is -0.200. The predicted octanol–water partition coefficient (Wildman–Crippen LogP) is 6.92. The average Bonchev–Trinajstić information content (AvgIpc) is 3.64. The van der Waals surface area contributed by atoms with Crippen LogP contribution in [0.2, 0.25) is 0 Å². The lowest BCUT2D eigenvalue weighted by atomic mass is 9.98. The van der Waals surface area contributed by atoms with Crippen LogP contribution < -0.4 is 5.32 Å². The molecular weight excluding hydrogens is 426 g/mol. The zero-order chi connectivity index (χ0) is 23.8. The molecule has 0 saturated heterocycles. The summed E-state index contributed by atoms with van der Waals surface area (Å²) < 4.78 is 28.7. The van der Waals surface area contributed by atoms with Crippen molar-refractivity contribution in [3.63, 3.8) is 0 Å². The number of hydrogen-bond acceptors (Lipinski definition) is 2. The molecule has 3 aromatic carbocycles. The van der Waals surface area contributed by atoms with E-state index in [0.717, 1.165) is 32.4 Å². The maximum atomic E-state index is 14.4. The highest BCUT2D eigenvalue weighted by Gasteiger charge is 2.37. The number of nitrogens with zero attached hydrogens (tertiary/aromatic N) is 1. The molecule has 1 fully saturated rings. The summed E-state index contributed by atoms with van der Waals surface area (Å²) in [6.45, 7) is 4.99. The first-order valence-corrected chi connectivity index (χ1v) is 12.6. The molecule has 0 spiro atoms. The van der Waals surface area contributed by atoms with Crippen LogP contribution in [0, 0.1) is 17.6 Å². The fraction of sp³-hybridized carbons (Fsp3) is 0.400. The molecule has 2 nitrogen and oxygen atoms in total. The van der Waals surface area contributed by atoms with Gasteiger partial charge in [0.05, 0.1) is 0 Å². The molecule has 4 rings (SSSR count). The van der Waals surface area contributed by atoms with Crippen LogP contribution in [0.4, 0.5) is 8.78 Å². The van der Waals surface area contributed by atoms with E-state index in [1.807, 2.05) is 24.3 Å². The average molecular weight is 463 g/mol. The lowest BCUT2D eigenvalue weighted by Crippen LogP contribution is -2.30. The molecule has 1 aliphatic rings. The van der Waals surface area contributed by atoms with E-state index in [1.165, 1.54) is 24.1 Å². The van der Waals surface area contributed by atoms with Crippen LogP contribution in [-0.4, -0.2) is 24.0 Å². The van der Waals surface area contributed by atoms with Crippen molar-refractivity contribution in [3.05, 3.63) is 107 Å². The third-order valence-electron chi connectivity index (χ3n) is 6.94. The molecule has 4 heteroatoms. The van der Waals surface area contributed by atoms with Crippen molar-refractivity contribution in [1.82, 2.24) is 10.2 Å². The third-order valence-corrected chi connectivity index (χ3v) is 6.94. The number of nitrogens with one attached hydrogen (secondary N) is 1. The fourth-order valence-electron chi connectivity index (χ4n) is 4.88. The van der Waals surface area contributed by atoms with Crippen LogP contribution in [0.25, 0.3) is 0 Å². The molecule has 1 N–H and O–H groups in total. The SMILES string of the molecule is CCCC(CCN(Cc1ccccc1F)Cc1ccccc1F)CN[C@@H]1C[C@H]1c1ccccc1. The Kier molecular flexibility index (Phi) is 8.84. The van der Waals surface area contributed by atoms with E-state index in [9.17, 15) is 8.78 Å². The third kappa shape index (κ3) is 6.97. The van der Waals surface area contributed by atoms with E-state index >= 15 is 0 Å². The Morgan fingerprint density at radius 1 is 0.824 bits per heavy atom. The molecule has 0 aliphatic heterocycles. The van der Waals surface area contributed by atoms with E-state index in [2.05, 4.69) is 47.5 Å². The molecule has 3 aromatic rings. The molecular formula is C30H36F2N2. The Labute approximate surface area is 203 Å². The first-order valence-electron chi connectivity index (χ1n) is 12.6. The quantitative estimate of drug-likeness (QED) is 0.297. The Morgan fingerprint density at radius 3 is 2.00 bits per heavy atom. The first kappa shape index (κ1) is 24.6. The van der Waals surface area contributed by atoms with Gasteiger partial charge in [0.15, 0.2) is 0 Å². The van der Waals surface area contributed by atoms with Crippen LogP contribution in [0.1, 0.15) is 55.2 Å². The van der Waals surface area contributed by atoms with E-state index < -0.39 is 0 Å². The van der Waals surface area contributed by atoms with Crippen molar-refractivity contribution in [1.29, 1.82) is 0 Å². The molecule has 0 radical (unpaired) electrons. The summed E-state index contributed by atoms with van der Waals surface area (Å²) in [4.78, 5) is 2.18. The van der Waals surface area contributed by atoms with Gasteiger partial charge in [-0.25, -0.2) is 8.78 Å². The maximum absolute atomic E-state index is 14.4. The zero-order valence-electron chi connectivity index (χ0n) is 20.1. The highest BCUT2D eigenvalue weighted by atomic mass is 19.1. The fourth-order valence-corrected chi connectivity index (χ4v) is 4.88. The lowest BCUT2D eigenvalue weighted by molar-refractivity contribution is 0.224. The van der Waals surface area contributed by atoms with Gasteiger partial charge >= 0.3 is 0 Å². The topological polar surface area (TPSA) is 15.3 Å². The lowest BCUT2D eigenvalue weighted by Gasteiger charge is -2.26. The molecule has 3 atom stereocenters. The van der Waals surface area contributed by atoms with E-state index in [4.69, 9.17) is 0 Å². The molecule has 1 aliphatic carbocycles. The number of hydrogen-bond donors (Lipinski definition) is 1. The minimum Gasteiger partial charge on any atom is -0.313 e. The molecule has 0 bridgehead atoms. The first-order chi connectivity index (χ1) is 16.6. The summed E-state index contributed by atoms with van der Waals surface area (Å²) in [5, 5.41) is 3.79. The van der Waals surface area contributed by atoms with Crippen LogP contribution >= 0.6 is 0 Å². The summed E-state index contributed by atoms with van der Waals surface area (Å²) in [5.41, 5.74) is 2.74.